The summed E-state index contributed by atoms with van der Waals surface area (Å²) < 4.78 is 28.0. The lowest BCUT2D eigenvalue weighted by molar-refractivity contribution is -0.113. The zero-order valence-electron chi connectivity index (χ0n) is 17.3. The van der Waals surface area contributed by atoms with Gasteiger partial charge in [0.1, 0.15) is 0 Å². The second-order valence-corrected chi connectivity index (χ2v) is 7.53. The molecule has 3 rings (SSSR count). The molecule has 0 saturated heterocycles. The van der Waals surface area contributed by atoms with Gasteiger partial charge in [-0.1, -0.05) is 0 Å². The smallest absolute Gasteiger partial charge is 0.204 e. The van der Waals surface area contributed by atoms with Gasteiger partial charge in [0.05, 0.1) is 40.0 Å². The lowest BCUT2D eigenvalue weighted by Gasteiger charge is -2.30. The van der Waals surface area contributed by atoms with Crippen LogP contribution in [0.25, 0.3) is 6.08 Å². The fourth-order valence-electron chi connectivity index (χ4n) is 3.90. The molecule has 7 heteroatoms. The third-order valence-electron chi connectivity index (χ3n) is 5.31. The minimum Gasteiger partial charge on any atom is -0.493 e. The summed E-state index contributed by atoms with van der Waals surface area (Å²) in [7, 11) is 7.83. The average Bonchev–Trinajstić information content (AvgIpc) is 2.75. The van der Waals surface area contributed by atoms with Crippen molar-refractivity contribution in [1.29, 1.82) is 0 Å². The number of halogens is 1. The van der Waals surface area contributed by atoms with Gasteiger partial charge < -0.3 is 23.7 Å². The topological polar surface area (TPSA) is 63.2 Å². The third kappa shape index (κ3) is 3.75. The van der Waals surface area contributed by atoms with Crippen molar-refractivity contribution in [1.82, 2.24) is 0 Å². The highest BCUT2D eigenvalue weighted by atomic mass is 79.9. The van der Waals surface area contributed by atoms with E-state index in [4.69, 9.17) is 23.7 Å². The van der Waals surface area contributed by atoms with Crippen molar-refractivity contribution in [2.24, 2.45) is 5.92 Å². The first-order valence-electron chi connectivity index (χ1n) is 9.27. The highest BCUT2D eigenvalue weighted by molar-refractivity contribution is 9.10. The summed E-state index contributed by atoms with van der Waals surface area (Å²) in [5.74, 6) is 2.81. The Morgan fingerprint density at radius 2 is 1.72 bits per heavy atom. The van der Waals surface area contributed by atoms with Gasteiger partial charge in [-0.3, -0.25) is 4.79 Å². The van der Waals surface area contributed by atoms with E-state index in [0.717, 1.165) is 18.4 Å². The molecule has 1 atom stereocenters. The summed E-state index contributed by atoms with van der Waals surface area (Å²) in [6.45, 7) is 0. The molecular weight excluding hydrogens is 440 g/mol. The predicted octanol–water partition coefficient (Wildman–Crippen LogP) is 4.67. The first-order valence-corrected chi connectivity index (χ1v) is 10.1. The monoisotopic (exact) mass is 464 g/mol. The molecule has 0 heterocycles. The summed E-state index contributed by atoms with van der Waals surface area (Å²) in [6.07, 6.45) is 6.19. The number of methoxy groups -OCH3 is 5. The standard InChI is InChI=1S/C22H25BrO6/c1-25-15-9-8-12-6-7-13(19(24)17(12)20(15)27-3)10-14-11-16(26-2)21(28-4)22(29-5)18(14)23/h9-12H,6-8H2,1-5H3. The van der Waals surface area contributed by atoms with Crippen molar-refractivity contribution in [2.45, 2.75) is 19.3 Å². The quantitative estimate of drug-likeness (QED) is 0.569. The molecule has 0 N–H and O–H groups in total. The Morgan fingerprint density at radius 3 is 2.31 bits per heavy atom. The van der Waals surface area contributed by atoms with Crippen LogP contribution in [0.5, 0.6) is 17.2 Å². The molecule has 1 aromatic carbocycles. The van der Waals surface area contributed by atoms with Crippen LogP contribution >= 0.6 is 15.9 Å². The van der Waals surface area contributed by atoms with Crippen LogP contribution in [-0.4, -0.2) is 41.3 Å². The Bertz CT molecular complexity index is 912. The molecule has 0 spiro atoms. The number of ketones is 1. The van der Waals surface area contributed by atoms with Gasteiger partial charge in [0.15, 0.2) is 28.8 Å². The second-order valence-electron chi connectivity index (χ2n) is 6.74. The minimum absolute atomic E-state index is 0.0126. The van der Waals surface area contributed by atoms with E-state index in [0.29, 0.717) is 50.8 Å². The molecule has 0 aromatic heterocycles. The van der Waals surface area contributed by atoms with Crippen LogP contribution in [0, 0.1) is 5.92 Å². The molecule has 156 valence electrons. The third-order valence-corrected chi connectivity index (χ3v) is 6.13. The molecule has 29 heavy (non-hydrogen) atoms. The van der Waals surface area contributed by atoms with Gasteiger partial charge in [-0.05, 0) is 64.9 Å². The maximum atomic E-state index is 13.3. The van der Waals surface area contributed by atoms with Crippen LogP contribution in [0.2, 0.25) is 0 Å². The highest BCUT2D eigenvalue weighted by Crippen LogP contribution is 2.46. The molecule has 1 saturated carbocycles. The summed E-state index contributed by atoms with van der Waals surface area (Å²) >= 11 is 3.58. The van der Waals surface area contributed by atoms with Crippen LogP contribution in [0.3, 0.4) is 0 Å². The first-order chi connectivity index (χ1) is 14.0. The van der Waals surface area contributed by atoms with Gasteiger partial charge in [0.25, 0.3) is 0 Å². The van der Waals surface area contributed by atoms with E-state index >= 15 is 0 Å². The van der Waals surface area contributed by atoms with Crippen molar-refractivity contribution >= 4 is 27.8 Å². The Labute approximate surface area is 179 Å². The highest BCUT2D eigenvalue weighted by Gasteiger charge is 2.36. The average molecular weight is 465 g/mol. The SMILES string of the molecule is COC1=CCC2CCC(=Cc3cc(OC)c(OC)c(OC)c3Br)C(=O)C2=C1OC. The molecule has 2 aliphatic carbocycles. The molecule has 0 radical (unpaired) electrons. The molecule has 0 amide bonds. The fraction of sp³-hybridized carbons (Fsp3) is 0.409. The zero-order valence-corrected chi connectivity index (χ0v) is 18.8. The van der Waals surface area contributed by atoms with Gasteiger partial charge in [-0.15, -0.1) is 0 Å². The van der Waals surface area contributed by atoms with E-state index in [9.17, 15) is 4.79 Å². The molecule has 1 unspecified atom stereocenters. The molecule has 1 fully saturated rings. The number of ether oxygens (including phenoxy) is 5. The van der Waals surface area contributed by atoms with E-state index in [1.54, 1.807) is 35.5 Å². The van der Waals surface area contributed by atoms with E-state index in [1.807, 2.05) is 18.2 Å². The lowest BCUT2D eigenvalue weighted by atomic mass is 9.75. The molecular formula is C22H25BrO6. The van der Waals surface area contributed by atoms with Crippen LogP contribution in [-0.2, 0) is 14.3 Å². The Balaban J connectivity index is 2.09. The van der Waals surface area contributed by atoms with Crippen molar-refractivity contribution in [3.63, 3.8) is 0 Å². The molecule has 0 bridgehead atoms. The van der Waals surface area contributed by atoms with Gasteiger partial charge in [-0.2, -0.15) is 0 Å². The van der Waals surface area contributed by atoms with Crippen LogP contribution in [0.15, 0.2) is 39.3 Å². The van der Waals surface area contributed by atoms with Crippen molar-refractivity contribution in [3.8, 4) is 17.2 Å². The number of rotatable bonds is 6. The van der Waals surface area contributed by atoms with E-state index < -0.39 is 0 Å². The largest absolute Gasteiger partial charge is 0.493 e. The minimum atomic E-state index is -0.0126. The van der Waals surface area contributed by atoms with Gasteiger partial charge in [0.2, 0.25) is 5.75 Å². The summed E-state index contributed by atoms with van der Waals surface area (Å²) in [6, 6.07) is 1.82. The Hall–Kier alpha value is -2.41. The number of hydrogen-bond donors (Lipinski definition) is 0. The predicted molar refractivity (Wildman–Crippen MR) is 113 cm³/mol. The number of carbonyl (C=O) groups excluding carboxylic acids is 1. The second kappa shape index (κ2) is 8.95. The van der Waals surface area contributed by atoms with E-state index in [-0.39, 0.29) is 11.7 Å². The normalized spacial score (nSPS) is 20.2. The number of allylic oxidation sites excluding steroid dienone is 3. The maximum absolute atomic E-state index is 13.3. The number of benzene rings is 1. The van der Waals surface area contributed by atoms with E-state index in [2.05, 4.69) is 15.9 Å². The summed E-state index contributed by atoms with van der Waals surface area (Å²) in [5.41, 5.74) is 2.17. The molecule has 0 aliphatic heterocycles. The summed E-state index contributed by atoms with van der Waals surface area (Å²) in [4.78, 5) is 13.3. The van der Waals surface area contributed by atoms with Crippen LogP contribution in [0.1, 0.15) is 24.8 Å². The molecule has 2 aliphatic rings. The van der Waals surface area contributed by atoms with Gasteiger partial charge in [-0.25, -0.2) is 0 Å². The van der Waals surface area contributed by atoms with Crippen LogP contribution < -0.4 is 14.2 Å². The number of carbonyl (C=O) groups is 1. The Kier molecular flexibility index (Phi) is 6.57. The van der Waals surface area contributed by atoms with Crippen molar-refractivity contribution < 1.29 is 28.5 Å². The zero-order chi connectivity index (χ0) is 21.1. The number of fused-ring (bicyclic) bond motifs is 1. The maximum Gasteiger partial charge on any atom is 0.204 e. The molecule has 6 nitrogen and oxygen atoms in total. The number of Topliss-reactive ketones (excluding diaryl/α,β-unsaturated/α-hetero) is 1. The molecule has 1 aromatic rings. The fourth-order valence-corrected chi connectivity index (χ4v) is 4.47. The lowest BCUT2D eigenvalue weighted by Crippen LogP contribution is -2.26. The van der Waals surface area contributed by atoms with Crippen molar-refractivity contribution in [2.75, 3.05) is 35.5 Å². The number of hydrogen-bond acceptors (Lipinski definition) is 6. The van der Waals surface area contributed by atoms with Crippen LogP contribution in [0.4, 0.5) is 0 Å². The van der Waals surface area contributed by atoms with Gasteiger partial charge >= 0.3 is 0 Å². The van der Waals surface area contributed by atoms with Crippen molar-refractivity contribution in [3.05, 3.63) is 44.8 Å². The Morgan fingerprint density at radius 1 is 1.00 bits per heavy atom. The summed E-state index contributed by atoms with van der Waals surface area (Å²) in [5, 5.41) is 0. The van der Waals surface area contributed by atoms with Gasteiger partial charge in [0, 0.05) is 11.1 Å². The first kappa shape index (κ1) is 21.3. The van der Waals surface area contributed by atoms with E-state index in [1.165, 1.54) is 0 Å².